The SMILES string of the molecule is CC(Cc1ccc(Br)cc1F)NC[C@@H](C)O. The minimum atomic E-state index is -0.378. The van der Waals surface area contributed by atoms with Crippen molar-refractivity contribution in [2.45, 2.75) is 32.4 Å². The van der Waals surface area contributed by atoms with Gasteiger partial charge in [-0.25, -0.2) is 4.39 Å². The molecule has 1 aromatic carbocycles. The van der Waals surface area contributed by atoms with Crippen LogP contribution in [0.1, 0.15) is 19.4 Å². The van der Waals surface area contributed by atoms with Gasteiger partial charge in [0.05, 0.1) is 6.10 Å². The first-order chi connectivity index (χ1) is 7.49. The van der Waals surface area contributed by atoms with E-state index in [0.717, 1.165) is 4.47 Å². The van der Waals surface area contributed by atoms with Gasteiger partial charge >= 0.3 is 0 Å². The number of aliphatic hydroxyl groups excluding tert-OH is 1. The Bertz CT molecular complexity index is 344. The maximum atomic E-state index is 13.5. The average molecular weight is 290 g/mol. The van der Waals surface area contributed by atoms with E-state index in [1.165, 1.54) is 6.07 Å². The number of hydrogen-bond acceptors (Lipinski definition) is 2. The summed E-state index contributed by atoms with van der Waals surface area (Å²) >= 11 is 3.22. The zero-order valence-electron chi connectivity index (χ0n) is 9.50. The molecule has 2 nitrogen and oxygen atoms in total. The first kappa shape index (κ1) is 13.6. The molecular formula is C12H17BrFNO. The van der Waals surface area contributed by atoms with Gasteiger partial charge in [-0.1, -0.05) is 22.0 Å². The highest BCUT2D eigenvalue weighted by Gasteiger charge is 2.08. The molecule has 0 saturated heterocycles. The van der Waals surface area contributed by atoms with Gasteiger partial charge < -0.3 is 10.4 Å². The number of halogens is 2. The van der Waals surface area contributed by atoms with Crippen LogP contribution in [0.2, 0.25) is 0 Å². The topological polar surface area (TPSA) is 32.3 Å². The first-order valence-electron chi connectivity index (χ1n) is 5.34. The van der Waals surface area contributed by atoms with Crippen molar-refractivity contribution in [2.75, 3.05) is 6.54 Å². The van der Waals surface area contributed by atoms with Crippen molar-refractivity contribution in [1.29, 1.82) is 0 Å². The van der Waals surface area contributed by atoms with Gasteiger partial charge in [0.15, 0.2) is 0 Å². The Morgan fingerprint density at radius 1 is 1.44 bits per heavy atom. The van der Waals surface area contributed by atoms with Crippen LogP contribution in [-0.2, 0) is 6.42 Å². The molecule has 0 aliphatic carbocycles. The Balaban J connectivity index is 2.52. The fourth-order valence-corrected chi connectivity index (χ4v) is 1.79. The average Bonchev–Trinajstić information content (AvgIpc) is 2.19. The lowest BCUT2D eigenvalue weighted by Crippen LogP contribution is -2.34. The molecule has 0 fully saturated rings. The largest absolute Gasteiger partial charge is 0.392 e. The molecule has 2 N–H and O–H groups in total. The molecule has 90 valence electrons. The van der Waals surface area contributed by atoms with E-state index in [1.807, 2.05) is 13.0 Å². The van der Waals surface area contributed by atoms with E-state index in [4.69, 9.17) is 5.11 Å². The van der Waals surface area contributed by atoms with Gasteiger partial charge in [-0.15, -0.1) is 0 Å². The molecule has 0 heterocycles. The third-order valence-electron chi connectivity index (χ3n) is 2.30. The minimum Gasteiger partial charge on any atom is -0.392 e. The Morgan fingerprint density at radius 2 is 2.12 bits per heavy atom. The van der Waals surface area contributed by atoms with E-state index in [2.05, 4.69) is 21.2 Å². The van der Waals surface area contributed by atoms with Gasteiger partial charge in [0, 0.05) is 17.1 Å². The monoisotopic (exact) mass is 289 g/mol. The van der Waals surface area contributed by atoms with Crippen LogP contribution < -0.4 is 5.32 Å². The molecule has 0 saturated carbocycles. The Hall–Kier alpha value is -0.450. The minimum absolute atomic E-state index is 0.144. The van der Waals surface area contributed by atoms with E-state index < -0.39 is 0 Å². The highest BCUT2D eigenvalue weighted by atomic mass is 79.9. The molecule has 0 aliphatic rings. The number of rotatable bonds is 5. The smallest absolute Gasteiger partial charge is 0.127 e. The van der Waals surface area contributed by atoms with Crippen LogP contribution in [0.15, 0.2) is 22.7 Å². The molecule has 2 atom stereocenters. The van der Waals surface area contributed by atoms with Gasteiger partial charge in [0.25, 0.3) is 0 Å². The molecule has 0 amide bonds. The highest BCUT2D eigenvalue weighted by molar-refractivity contribution is 9.10. The summed E-state index contributed by atoms with van der Waals surface area (Å²) in [6, 6.07) is 5.22. The summed E-state index contributed by atoms with van der Waals surface area (Å²) in [5.41, 5.74) is 0.689. The fraction of sp³-hybridized carbons (Fsp3) is 0.500. The number of nitrogens with one attached hydrogen (secondary N) is 1. The van der Waals surface area contributed by atoms with Gasteiger partial charge in [-0.3, -0.25) is 0 Å². The predicted octanol–water partition coefficient (Wildman–Crippen LogP) is 2.49. The molecule has 0 radical (unpaired) electrons. The molecule has 0 aromatic heterocycles. The quantitative estimate of drug-likeness (QED) is 0.873. The van der Waals surface area contributed by atoms with Crippen LogP contribution in [-0.4, -0.2) is 23.8 Å². The van der Waals surface area contributed by atoms with Crippen LogP contribution in [0.5, 0.6) is 0 Å². The molecule has 0 bridgehead atoms. The van der Waals surface area contributed by atoms with E-state index >= 15 is 0 Å². The van der Waals surface area contributed by atoms with Crippen LogP contribution in [0.25, 0.3) is 0 Å². The first-order valence-corrected chi connectivity index (χ1v) is 6.13. The third-order valence-corrected chi connectivity index (χ3v) is 2.80. The molecular weight excluding hydrogens is 273 g/mol. The Morgan fingerprint density at radius 3 is 2.69 bits per heavy atom. The fourth-order valence-electron chi connectivity index (χ4n) is 1.46. The standard InChI is InChI=1S/C12H17BrFNO/c1-8(15-7-9(2)16)5-10-3-4-11(13)6-12(10)14/h3-4,6,8-9,15-16H,5,7H2,1-2H3/t8?,9-/m1/s1. The van der Waals surface area contributed by atoms with Crippen molar-refractivity contribution in [3.8, 4) is 0 Å². The summed E-state index contributed by atoms with van der Waals surface area (Å²) in [6.07, 6.45) is 0.239. The molecule has 0 spiro atoms. The van der Waals surface area contributed by atoms with E-state index in [1.54, 1.807) is 13.0 Å². The van der Waals surface area contributed by atoms with Gasteiger partial charge in [0.1, 0.15) is 5.82 Å². The molecule has 1 aromatic rings. The maximum absolute atomic E-state index is 13.5. The molecule has 0 aliphatic heterocycles. The Kier molecular flexibility index (Phi) is 5.38. The summed E-state index contributed by atoms with van der Waals surface area (Å²) < 4.78 is 14.3. The molecule has 1 unspecified atom stereocenters. The molecule has 1 rings (SSSR count). The van der Waals surface area contributed by atoms with Crippen molar-refractivity contribution < 1.29 is 9.50 Å². The molecule has 4 heteroatoms. The van der Waals surface area contributed by atoms with Crippen molar-refractivity contribution in [1.82, 2.24) is 5.32 Å². The zero-order valence-corrected chi connectivity index (χ0v) is 11.1. The zero-order chi connectivity index (χ0) is 12.1. The maximum Gasteiger partial charge on any atom is 0.127 e. The van der Waals surface area contributed by atoms with E-state index in [0.29, 0.717) is 18.5 Å². The second-order valence-electron chi connectivity index (χ2n) is 4.10. The van der Waals surface area contributed by atoms with Gasteiger partial charge in [-0.2, -0.15) is 0 Å². The lowest BCUT2D eigenvalue weighted by Gasteiger charge is -2.15. The van der Waals surface area contributed by atoms with Gasteiger partial charge in [-0.05, 0) is 38.0 Å². The summed E-state index contributed by atoms with van der Waals surface area (Å²) in [5, 5.41) is 12.3. The van der Waals surface area contributed by atoms with Crippen molar-refractivity contribution >= 4 is 15.9 Å². The lowest BCUT2D eigenvalue weighted by atomic mass is 10.1. The predicted molar refractivity (Wildman–Crippen MR) is 66.9 cm³/mol. The van der Waals surface area contributed by atoms with Crippen molar-refractivity contribution in [3.05, 3.63) is 34.1 Å². The van der Waals surface area contributed by atoms with Crippen molar-refractivity contribution in [3.63, 3.8) is 0 Å². The third kappa shape index (κ3) is 4.60. The van der Waals surface area contributed by atoms with E-state index in [9.17, 15) is 4.39 Å². The normalized spacial score (nSPS) is 14.8. The number of benzene rings is 1. The van der Waals surface area contributed by atoms with Crippen molar-refractivity contribution in [2.24, 2.45) is 0 Å². The van der Waals surface area contributed by atoms with Crippen LogP contribution in [0.3, 0.4) is 0 Å². The van der Waals surface area contributed by atoms with Gasteiger partial charge in [0.2, 0.25) is 0 Å². The van der Waals surface area contributed by atoms with E-state index in [-0.39, 0.29) is 18.0 Å². The second kappa shape index (κ2) is 6.33. The van der Waals surface area contributed by atoms with Crippen LogP contribution in [0, 0.1) is 5.82 Å². The summed E-state index contributed by atoms with van der Waals surface area (Å²) in [7, 11) is 0. The number of hydrogen-bond donors (Lipinski definition) is 2. The van der Waals surface area contributed by atoms with Crippen LogP contribution in [0.4, 0.5) is 4.39 Å². The molecule has 16 heavy (non-hydrogen) atoms. The summed E-state index contributed by atoms with van der Waals surface area (Å²) in [5.74, 6) is -0.194. The lowest BCUT2D eigenvalue weighted by molar-refractivity contribution is 0.187. The Labute approximate surface area is 104 Å². The summed E-state index contributed by atoms with van der Waals surface area (Å²) in [6.45, 7) is 4.23. The highest BCUT2D eigenvalue weighted by Crippen LogP contribution is 2.16. The summed E-state index contributed by atoms with van der Waals surface area (Å²) in [4.78, 5) is 0. The number of aliphatic hydroxyl groups is 1. The van der Waals surface area contributed by atoms with Crippen LogP contribution >= 0.6 is 15.9 Å². The second-order valence-corrected chi connectivity index (χ2v) is 5.01.